The monoisotopic (exact) mass is 433 g/mol. The van der Waals surface area contributed by atoms with Crippen molar-refractivity contribution in [3.05, 3.63) is 54.1 Å². The van der Waals surface area contributed by atoms with Crippen molar-refractivity contribution >= 4 is 22.0 Å². The maximum atomic E-state index is 12.9. The predicted octanol–water partition coefficient (Wildman–Crippen LogP) is 2.49. The minimum absolute atomic E-state index is 0.0490. The number of rotatable bonds is 6. The Labute approximate surface area is 175 Å². The Morgan fingerprint density at radius 2 is 1.60 bits per heavy atom. The fourth-order valence-corrected chi connectivity index (χ4v) is 4.75. The number of hydrogen-bond acceptors (Lipinski definition) is 7. The molecule has 0 amide bonds. The smallest absolute Gasteiger partial charge is 0.337 e. The Morgan fingerprint density at radius 1 is 0.967 bits per heavy atom. The van der Waals surface area contributed by atoms with Crippen LogP contribution in [0.5, 0.6) is 11.5 Å². The molecule has 1 fully saturated rings. The van der Waals surface area contributed by atoms with E-state index in [1.165, 1.54) is 54.9 Å². The molecule has 0 saturated carbocycles. The molecular weight excluding hydrogens is 410 g/mol. The van der Waals surface area contributed by atoms with E-state index in [2.05, 4.69) is 4.74 Å². The fraction of sp³-hybridized carbons (Fsp3) is 0.333. The average Bonchev–Trinajstić information content (AvgIpc) is 2.79. The van der Waals surface area contributed by atoms with Gasteiger partial charge in [-0.25, -0.2) is 13.2 Å². The van der Waals surface area contributed by atoms with Gasteiger partial charge in [-0.05, 0) is 61.4 Å². The van der Waals surface area contributed by atoms with Gasteiger partial charge in [-0.15, -0.1) is 0 Å². The average molecular weight is 433 g/mol. The largest absolute Gasteiger partial charge is 0.497 e. The van der Waals surface area contributed by atoms with Crippen LogP contribution >= 0.6 is 0 Å². The van der Waals surface area contributed by atoms with Crippen LogP contribution in [-0.4, -0.2) is 52.0 Å². The lowest BCUT2D eigenvalue weighted by Gasteiger charge is -2.30. The first kappa shape index (κ1) is 21.8. The van der Waals surface area contributed by atoms with Crippen molar-refractivity contribution in [3.63, 3.8) is 0 Å². The molecule has 0 bridgehead atoms. The highest BCUT2D eigenvalue weighted by Gasteiger charge is 2.34. The zero-order chi connectivity index (χ0) is 21.7. The Bertz CT molecular complexity index is 1000. The summed E-state index contributed by atoms with van der Waals surface area (Å²) in [4.78, 5) is 24.2. The zero-order valence-electron chi connectivity index (χ0n) is 16.7. The lowest BCUT2D eigenvalue weighted by atomic mass is 10.00. The number of esters is 2. The highest BCUT2D eigenvalue weighted by molar-refractivity contribution is 7.89. The van der Waals surface area contributed by atoms with E-state index in [4.69, 9.17) is 9.47 Å². The molecule has 1 atom stereocenters. The predicted molar refractivity (Wildman–Crippen MR) is 108 cm³/mol. The lowest BCUT2D eigenvalue weighted by molar-refractivity contribution is -0.140. The number of carbonyl (C=O) groups excluding carboxylic acids is 2. The van der Waals surface area contributed by atoms with E-state index in [0.717, 1.165) is 0 Å². The van der Waals surface area contributed by atoms with E-state index < -0.39 is 27.9 Å². The Morgan fingerprint density at radius 3 is 2.20 bits per heavy atom. The third-order valence-corrected chi connectivity index (χ3v) is 6.79. The number of piperidine rings is 1. The van der Waals surface area contributed by atoms with Crippen molar-refractivity contribution in [2.24, 2.45) is 5.92 Å². The molecule has 0 N–H and O–H groups in total. The first-order valence-electron chi connectivity index (χ1n) is 9.39. The van der Waals surface area contributed by atoms with Gasteiger partial charge in [0.15, 0.2) is 0 Å². The third kappa shape index (κ3) is 4.80. The summed E-state index contributed by atoms with van der Waals surface area (Å²) in [5, 5.41) is 0. The van der Waals surface area contributed by atoms with Crippen LogP contribution in [0.25, 0.3) is 0 Å². The van der Waals surface area contributed by atoms with Crippen LogP contribution in [-0.2, 0) is 19.6 Å². The number of hydrogen-bond donors (Lipinski definition) is 0. The summed E-state index contributed by atoms with van der Waals surface area (Å²) in [6, 6.07) is 12.1. The maximum Gasteiger partial charge on any atom is 0.337 e. The SMILES string of the molecule is COC(=O)c1ccc(OC(=O)[C@H]2CCCN(S(=O)(=O)c3ccc(OC)cc3)C2)cc1. The van der Waals surface area contributed by atoms with Crippen molar-refractivity contribution in [1.29, 1.82) is 0 Å². The molecule has 2 aromatic rings. The molecule has 0 spiro atoms. The van der Waals surface area contributed by atoms with Crippen molar-refractivity contribution in [2.75, 3.05) is 27.3 Å². The number of sulfonamides is 1. The molecule has 160 valence electrons. The topological polar surface area (TPSA) is 99.2 Å². The lowest BCUT2D eigenvalue weighted by Crippen LogP contribution is -2.43. The second kappa shape index (κ2) is 9.27. The van der Waals surface area contributed by atoms with Crippen LogP contribution < -0.4 is 9.47 Å². The minimum Gasteiger partial charge on any atom is -0.497 e. The second-order valence-electron chi connectivity index (χ2n) is 6.81. The summed E-state index contributed by atoms with van der Waals surface area (Å²) in [6.45, 7) is 0.388. The summed E-state index contributed by atoms with van der Waals surface area (Å²) >= 11 is 0. The van der Waals surface area contributed by atoms with E-state index in [-0.39, 0.29) is 17.2 Å². The Kier molecular flexibility index (Phi) is 6.73. The standard InChI is InChI=1S/C21H23NO7S/c1-27-17-9-11-19(12-10-17)30(25,26)22-13-3-4-16(14-22)21(24)29-18-7-5-15(6-8-18)20(23)28-2/h5-12,16H,3-4,13-14H2,1-2H3/t16-/m0/s1. The van der Waals surface area contributed by atoms with Gasteiger partial charge in [0.2, 0.25) is 10.0 Å². The molecule has 0 radical (unpaired) electrons. The highest BCUT2D eigenvalue weighted by atomic mass is 32.2. The van der Waals surface area contributed by atoms with Gasteiger partial charge in [-0.3, -0.25) is 4.79 Å². The van der Waals surface area contributed by atoms with Crippen molar-refractivity contribution in [1.82, 2.24) is 4.31 Å². The quantitative estimate of drug-likeness (QED) is 0.510. The summed E-state index contributed by atoms with van der Waals surface area (Å²) < 4.78 is 42.3. The van der Waals surface area contributed by atoms with Crippen molar-refractivity contribution in [2.45, 2.75) is 17.7 Å². The van der Waals surface area contributed by atoms with Crippen LogP contribution in [0.15, 0.2) is 53.4 Å². The second-order valence-corrected chi connectivity index (χ2v) is 8.75. The van der Waals surface area contributed by atoms with E-state index in [9.17, 15) is 18.0 Å². The zero-order valence-corrected chi connectivity index (χ0v) is 17.6. The molecule has 1 aliphatic heterocycles. The molecule has 30 heavy (non-hydrogen) atoms. The minimum atomic E-state index is -3.73. The van der Waals surface area contributed by atoms with Crippen LogP contribution in [0.4, 0.5) is 0 Å². The van der Waals surface area contributed by atoms with Crippen LogP contribution in [0.2, 0.25) is 0 Å². The molecule has 2 aromatic carbocycles. The molecule has 0 unspecified atom stereocenters. The number of nitrogens with zero attached hydrogens (tertiary/aromatic N) is 1. The van der Waals surface area contributed by atoms with Gasteiger partial charge >= 0.3 is 11.9 Å². The Hall–Kier alpha value is -2.91. The van der Waals surface area contributed by atoms with Crippen molar-refractivity contribution < 1.29 is 32.2 Å². The molecule has 9 heteroatoms. The normalized spacial score (nSPS) is 17.2. The van der Waals surface area contributed by atoms with Gasteiger partial charge in [-0.2, -0.15) is 4.31 Å². The van der Waals surface area contributed by atoms with Gasteiger partial charge in [0, 0.05) is 13.1 Å². The molecule has 0 aromatic heterocycles. The van der Waals surface area contributed by atoms with Gasteiger partial charge in [0.1, 0.15) is 11.5 Å². The third-order valence-electron chi connectivity index (χ3n) is 4.91. The number of benzene rings is 2. The molecule has 3 rings (SSSR count). The number of carbonyl (C=O) groups is 2. The molecule has 1 aliphatic rings. The number of methoxy groups -OCH3 is 2. The summed E-state index contributed by atoms with van der Waals surface area (Å²) in [7, 11) is -0.936. The summed E-state index contributed by atoms with van der Waals surface area (Å²) in [5.41, 5.74) is 0.340. The first-order valence-corrected chi connectivity index (χ1v) is 10.8. The molecule has 8 nitrogen and oxygen atoms in total. The fourth-order valence-electron chi connectivity index (χ4n) is 3.23. The summed E-state index contributed by atoms with van der Waals surface area (Å²) in [6.07, 6.45) is 1.09. The molecular formula is C21H23NO7S. The van der Waals surface area contributed by atoms with Gasteiger partial charge in [0.25, 0.3) is 0 Å². The summed E-state index contributed by atoms with van der Waals surface area (Å²) in [5.74, 6) is -0.725. The van der Waals surface area contributed by atoms with E-state index in [1.807, 2.05) is 0 Å². The van der Waals surface area contributed by atoms with Crippen molar-refractivity contribution in [3.8, 4) is 11.5 Å². The van der Waals surface area contributed by atoms with E-state index in [0.29, 0.717) is 30.7 Å². The van der Waals surface area contributed by atoms with Gasteiger partial charge in [0.05, 0.1) is 30.6 Å². The molecule has 1 heterocycles. The van der Waals surface area contributed by atoms with Crippen LogP contribution in [0.3, 0.4) is 0 Å². The number of ether oxygens (including phenoxy) is 3. The van der Waals surface area contributed by atoms with Crippen LogP contribution in [0, 0.1) is 5.92 Å². The van der Waals surface area contributed by atoms with Crippen LogP contribution in [0.1, 0.15) is 23.2 Å². The highest BCUT2D eigenvalue weighted by Crippen LogP contribution is 2.26. The van der Waals surface area contributed by atoms with Gasteiger partial charge < -0.3 is 14.2 Å². The molecule has 0 aliphatic carbocycles. The van der Waals surface area contributed by atoms with Gasteiger partial charge in [-0.1, -0.05) is 0 Å². The maximum absolute atomic E-state index is 12.9. The molecule has 1 saturated heterocycles. The van der Waals surface area contributed by atoms with E-state index in [1.54, 1.807) is 12.1 Å². The Balaban J connectivity index is 1.67. The first-order chi connectivity index (χ1) is 14.3. The van der Waals surface area contributed by atoms with E-state index >= 15 is 0 Å².